The van der Waals surface area contributed by atoms with Crippen LogP contribution >= 0.6 is 0 Å². The van der Waals surface area contributed by atoms with Gasteiger partial charge in [0, 0.05) is 31.0 Å². The number of fused-ring (bicyclic) bond motifs is 1. The van der Waals surface area contributed by atoms with E-state index in [1.807, 2.05) is 7.05 Å². The molecule has 1 heterocycles. The second-order valence-electron chi connectivity index (χ2n) is 7.66. The molecule has 0 radical (unpaired) electrons. The molecule has 1 atom stereocenters. The molecule has 1 aliphatic carbocycles. The molecular formula is C23H34N4. The zero-order chi connectivity index (χ0) is 19.1. The maximum atomic E-state index is 4.93. The fourth-order valence-electron chi connectivity index (χ4n) is 4.15. The van der Waals surface area contributed by atoms with Gasteiger partial charge < -0.3 is 10.6 Å². The van der Waals surface area contributed by atoms with Crippen LogP contribution in [0.1, 0.15) is 37.7 Å². The number of aryl methyl sites for hydroxylation is 1. The van der Waals surface area contributed by atoms with Crippen molar-refractivity contribution < 1.29 is 0 Å². The smallest absolute Gasteiger partial charge is 0.0549 e. The highest BCUT2D eigenvalue weighted by Gasteiger charge is 2.30. The molecule has 1 aromatic carbocycles. The number of para-hydroxylation sites is 1. The van der Waals surface area contributed by atoms with Gasteiger partial charge >= 0.3 is 0 Å². The fraction of sp³-hybridized carbons (Fsp3) is 0.522. The van der Waals surface area contributed by atoms with Crippen molar-refractivity contribution in [2.24, 2.45) is 4.99 Å². The molecule has 1 aromatic rings. The molecule has 0 aromatic heterocycles. The third-order valence-electron chi connectivity index (χ3n) is 5.53. The molecule has 3 rings (SSSR count). The SMILES string of the molecule is C=C(CN(CCCNC)C1CCCC2=CCCN=C21)Nc1ccccc1C. The molecule has 0 spiro atoms. The van der Waals surface area contributed by atoms with Gasteiger partial charge in [0.25, 0.3) is 0 Å². The topological polar surface area (TPSA) is 39.7 Å². The molecule has 0 amide bonds. The predicted molar refractivity (Wildman–Crippen MR) is 117 cm³/mol. The Kier molecular flexibility index (Phi) is 7.25. The number of aliphatic imine (C=N–C) groups is 1. The van der Waals surface area contributed by atoms with Crippen LogP contribution in [0.25, 0.3) is 0 Å². The zero-order valence-electron chi connectivity index (χ0n) is 16.9. The van der Waals surface area contributed by atoms with E-state index in [4.69, 9.17) is 4.99 Å². The van der Waals surface area contributed by atoms with E-state index in [-0.39, 0.29) is 0 Å². The van der Waals surface area contributed by atoms with Gasteiger partial charge in [0.15, 0.2) is 0 Å². The molecular weight excluding hydrogens is 332 g/mol. The van der Waals surface area contributed by atoms with Crippen molar-refractivity contribution in [2.75, 3.05) is 38.5 Å². The van der Waals surface area contributed by atoms with Gasteiger partial charge in [0.2, 0.25) is 0 Å². The summed E-state index contributed by atoms with van der Waals surface area (Å²) in [6.07, 6.45) is 8.32. The maximum Gasteiger partial charge on any atom is 0.0549 e. The van der Waals surface area contributed by atoms with Gasteiger partial charge in [0.1, 0.15) is 0 Å². The summed E-state index contributed by atoms with van der Waals surface area (Å²) in [6.45, 7) is 10.4. The van der Waals surface area contributed by atoms with Crippen LogP contribution in [0.2, 0.25) is 0 Å². The first-order chi connectivity index (χ1) is 13.2. The second-order valence-corrected chi connectivity index (χ2v) is 7.66. The van der Waals surface area contributed by atoms with E-state index < -0.39 is 0 Å². The maximum absolute atomic E-state index is 4.93. The molecule has 1 aliphatic heterocycles. The largest absolute Gasteiger partial charge is 0.358 e. The minimum Gasteiger partial charge on any atom is -0.358 e. The number of rotatable bonds is 9. The number of nitrogens with one attached hydrogen (secondary N) is 2. The molecule has 0 bridgehead atoms. The van der Waals surface area contributed by atoms with E-state index in [1.165, 1.54) is 36.1 Å². The normalized spacial score (nSPS) is 19.3. The van der Waals surface area contributed by atoms with Crippen LogP contribution in [0.5, 0.6) is 0 Å². The number of hydrogen-bond acceptors (Lipinski definition) is 4. The third kappa shape index (κ3) is 5.30. The first-order valence-electron chi connectivity index (χ1n) is 10.3. The summed E-state index contributed by atoms with van der Waals surface area (Å²) in [4.78, 5) is 7.51. The average Bonchev–Trinajstić information content (AvgIpc) is 2.69. The molecule has 1 saturated carbocycles. The Morgan fingerprint density at radius 2 is 2.19 bits per heavy atom. The van der Waals surface area contributed by atoms with E-state index in [9.17, 15) is 0 Å². The van der Waals surface area contributed by atoms with Crippen LogP contribution < -0.4 is 10.6 Å². The summed E-state index contributed by atoms with van der Waals surface area (Å²) in [6, 6.07) is 8.83. The highest BCUT2D eigenvalue weighted by atomic mass is 15.2. The molecule has 4 heteroatoms. The first kappa shape index (κ1) is 19.8. The van der Waals surface area contributed by atoms with Crippen LogP contribution in [0.15, 0.2) is 53.2 Å². The van der Waals surface area contributed by atoms with Crippen molar-refractivity contribution in [3.8, 4) is 0 Å². The van der Waals surface area contributed by atoms with Gasteiger partial charge in [-0.15, -0.1) is 0 Å². The number of hydrogen-bond donors (Lipinski definition) is 2. The van der Waals surface area contributed by atoms with Crippen molar-refractivity contribution in [2.45, 2.75) is 45.1 Å². The molecule has 0 saturated heterocycles. The Hall–Kier alpha value is -1.91. The van der Waals surface area contributed by atoms with Gasteiger partial charge in [-0.05, 0) is 69.8 Å². The first-order valence-corrected chi connectivity index (χ1v) is 10.3. The summed E-state index contributed by atoms with van der Waals surface area (Å²) >= 11 is 0. The molecule has 2 aliphatic rings. The molecule has 146 valence electrons. The van der Waals surface area contributed by atoms with Crippen molar-refractivity contribution >= 4 is 11.4 Å². The van der Waals surface area contributed by atoms with Crippen molar-refractivity contribution in [3.63, 3.8) is 0 Å². The van der Waals surface area contributed by atoms with E-state index in [0.717, 1.165) is 50.4 Å². The predicted octanol–water partition coefficient (Wildman–Crippen LogP) is 4.16. The van der Waals surface area contributed by atoms with Crippen molar-refractivity contribution in [1.29, 1.82) is 0 Å². The lowest BCUT2D eigenvalue weighted by Crippen LogP contribution is -2.46. The number of dihydropyridines is 1. The summed E-state index contributed by atoms with van der Waals surface area (Å²) in [5.41, 5.74) is 6.30. The summed E-state index contributed by atoms with van der Waals surface area (Å²) in [5.74, 6) is 0. The van der Waals surface area contributed by atoms with Gasteiger partial charge in [-0.3, -0.25) is 9.89 Å². The van der Waals surface area contributed by atoms with Gasteiger partial charge in [0.05, 0.1) is 11.8 Å². The molecule has 1 unspecified atom stereocenters. The summed E-state index contributed by atoms with van der Waals surface area (Å²) in [5, 5.41) is 6.81. The third-order valence-corrected chi connectivity index (χ3v) is 5.53. The summed E-state index contributed by atoms with van der Waals surface area (Å²) < 4.78 is 0. The molecule has 1 fully saturated rings. The quantitative estimate of drug-likeness (QED) is 0.645. The van der Waals surface area contributed by atoms with Gasteiger partial charge in [-0.2, -0.15) is 0 Å². The van der Waals surface area contributed by atoms with Crippen LogP contribution in [-0.2, 0) is 0 Å². The Labute approximate surface area is 164 Å². The van der Waals surface area contributed by atoms with Crippen molar-refractivity contribution in [3.05, 3.63) is 53.8 Å². The standard InChI is InChI=1S/C23H34N4/c1-18-9-4-5-12-21(18)26-19(2)17-27(16-8-14-24-3)22-13-6-10-20-11-7-15-25-23(20)22/h4-5,9,11-12,22,24,26H,2,6-8,10,13-17H2,1,3H3. The van der Waals surface area contributed by atoms with Gasteiger partial charge in [-0.1, -0.05) is 30.9 Å². The van der Waals surface area contributed by atoms with Crippen LogP contribution in [0.4, 0.5) is 5.69 Å². The minimum atomic E-state index is 0.428. The van der Waals surface area contributed by atoms with Crippen molar-refractivity contribution in [1.82, 2.24) is 10.2 Å². The van der Waals surface area contributed by atoms with E-state index in [1.54, 1.807) is 0 Å². The lowest BCUT2D eigenvalue weighted by Gasteiger charge is -2.38. The van der Waals surface area contributed by atoms with Gasteiger partial charge in [-0.25, -0.2) is 0 Å². The van der Waals surface area contributed by atoms with E-state index in [0.29, 0.717) is 6.04 Å². The minimum absolute atomic E-state index is 0.428. The Morgan fingerprint density at radius 3 is 3.00 bits per heavy atom. The van der Waals surface area contributed by atoms with Crippen LogP contribution in [0.3, 0.4) is 0 Å². The van der Waals surface area contributed by atoms with Crippen LogP contribution in [-0.4, -0.2) is 49.9 Å². The number of benzene rings is 1. The summed E-state index contributed by atoms with van der Waals surface area (Å²) in [7, 11) is 2.02. The number of nitrogens with zero attached hydrogens (tertiary/aromatic N) is 2. The fourth-order valence-corrected chi connectivity index (χ4v) is 4.15. The zero-order valence-corrected chi connectivity index (χ0v) is 16.9. The van der Waals surface area contributed by atoms with E-state index in [2.05, 4.69) is 59.4 Å². The molecule has 27 heavy (non-hydrogen) atoms. The lowest BCUT2D eigenvalue weighted by molar-refractivity contribution is 0.241. The highest BCUT2D eigenvalue weighted by Crippen LogP contribution is 2.28. The monoisotopic (exact) mass is 366 g/mol. The molecule has 2 N–H and O–H groups in total. The Balaban J connectivity index is 1.70. The van der Waals surface area contributed by atoms with E-state index >= 15 is 0 Å². The Bertz CT molecular complexity index is 704. The molecule has 4 nitrogen and oxygen atoms in total. The Morgan fingerprint density at radius 1 is 1.33 bits per heavy atom. The average molecular weight is 367 g/mol. The lowest BCUT2D eigenvalue weighted by atomic mass is 9.85. The van der Waals surface area contributed by atoms with Crippen LogP contribution in [0, 0.1) is 6.92 Å². The highest BCUT2D eigenvalue weighted by molar-refractivity contribution is 6.05. The number of anilines is 1. The second kappa shape index (κ2) is 9.86.